The summed E-state index contributed by atoms with van der Waals surface area (Å²) in [6.07, 6.45) is 0.885. The summed E-state index contributed by atoms with van der Waals surface area (Å²) in [6, 6.07) is 34.6. The summed E-state index contributed by atoms with van der Waals surface area (Å²) in [4.78, 5) is 0. The van der Waals surface area contributed by atoms with E-state index in [0.29, 0.717) is 0 Å². The molecule has 1 aliphatic carbocycles. The molecule has 7 aromatic rings. The van der Waals surface area contributed by atoms with Crippen LogP contribution >= 0.6 is 0 Å². The van der Waals surface area contributed by atoms with E-state index >= 15 is 0 Å². The van der Waals surface area contributed by atoms with E-state index < -0.39 is 0 Å². The highest BCUT2D eigenvalue weighted by Gasteiger charge is 2.27. The number of para-hydroxylation sites is 2. The van der Waals surface area contributed by atoms with Gasteiger partial charge in [0.05, 0.1) is 7.11 Å². The highest BCUT2D eigenvalue weighted by Crippen LogP contribution is 2.47. The van der Waals surface area contributed by atoms with E-state index in [0.717, 1.165) is 29.9 Å². The molecule has 8 rings (SSSR count). The largest absolute Gasteiger partial charge is 0.497 e. The predicted molar refractivity (Wildman–Crippen MR) is 147 cm³/mol. The molecule has 3 heteroatoms. The van der Waals surface area contributed by atoms with Gasteiger partial charge >= 0.3 is 0 Å². The summed E-state index contributed by atoms with van der Waals surface area (Å²) in [5, 5.41) is 5.06. The number of aromatic nitrogens is 1. The van der Waals surface area contributed by atoms with Crippen molar-refractivity contribution in [3.05, 3.63) is 114 Å². The maximum Gasteiger partial charge on any atom is 0.139 e. The van der Waals surface area contributed by atoms with Gasteiger partial charge < -0.3 is 13.7 Å². The Morgan fingerprint density at radius 2 is 1.44 bits per heavy atom. The Hall–Kier alpha value is -4.50. The highest BCUT2D eigenvalue weighted by atomic mass is 16.5. The van der Waals surface area contributed by atoms with Crippen LogP contribution in [0.2, 0.25) is 0 Å². The Labute approximate surface area is 208 Å². The molecular formula is C33H23NO2. The topological polar surface area (TPSA) is 27.3 Å². The lowest BCUT2D eigenvalue weighted by Gasteiger charge is -2.09. The number of benzene rings is 5. The third-order valence-electron chi connectivity index (χ3n) is 7.84. The molecule has 1 aliphatic rings. The fourth-order valence-electron chi connectivity index (χ4n) is 6.18. The third-order valence-corrected chi connectivity index (χ3v) is 7.84. The fourth-order valence-corrected chi connectivity index (χ4v) is 6.18. The molecule has 0 N–H and O–H groups in total. The average molecular weight is 466 g/mol. The second kappa shape index (κ2) is 7.25. The van der Waals surface area contributed by atoms with Gasteiger partial charge in [-0.2, -0.15) is 0 Å². The number of methoxy groups -OCH3 is 1. The van der Waals surface area contributed by atoms with Crippen LogP contribution in [-0.2, 0) is 13.0 Å². The molecule has 0 saturated heterocycles. The molecule has 0 radical (unpaired) electrons. The minimum absolute atomic E-state index is 0.813. The average Bonchev–Trinajstić information content (AvgIpc) is 3.59. The van der Waals surface area contributed by atoms with Crippen molar-refractivity contribution in [2.45, 2.75) is 13.0 Å². The molecule has 0 fully saturated rings. The predicted octanol–water partition coefficient (Wildman–Crippen LogP) is 8.32. The van der Waals surface area contributed by atoms with Gasteiger partial charge in [-0.05, 0) is 58.7 Å². The molecule has 0 spiro atoms. The van der Waals surface area contributed by atoms with E-state index in [9.17, 15) is 0 Å². The lowest BCUT2D eigenvalue weighted by Crippen LogP contribution is -1.99. The van der Waals surface area contributed by atoms with Crippen LogP contribution in [0.5, 0.6) is 5.75 Å². The van der Waals surface area contributed by atoms with E-state index in [4.69, 9.17) is 9.15 Å². The molecule has 0 atom stereocenters. The standard InChI is InChI=1S/C33H23NO2/c1-35-21-12-10-20(11-13-21)19-34-29-8-4-2-7-26(29)32-27-18-28-23(22(27)16-17-30(32)34)14-15-25-24-6-3-5-9-31(24)36-33(25)28/h2-17H,18-19H2,1H3. The van der Waals surface area contributed by atoms with Gasteiger partial charge in [0.1, 0.15) is 16.9 Å². The van der Waals surface area contributed by atoms with Crippen LogP contribution in [0, 0.1) is 0 Å². The number of ether oxygens (including phenoxy) is 1. The van der Waals surface area contributed by atoms with Gasteiger partial charge in [-0.25, -0.2) is 0 Å². The van der Waals surface area contributed by atoms with Gasteiger partial charge in [-0.1, -0.05) is 60.7 Å². The van der Waals surface area contributed by atoms with E-state index in [1.165, 1.54) is 60.4 Å². The number of rotatable bonds is 3. The Morgan fingerprint density at radius 3 is 2.31 bits per heavy atom. The highest BCUT2D eigenvalue weighted by molar-refractivity contribution is 6.14. The second-order valence-corrected chi connectivity index (χ2v) is 9.68. The summed E-state index contributed by atoms with van der Waals surface area (Å²) < 4.78 is 14.2. The number of hydrogen-bond acceptors (Lipinski definition) is 2. The van der Waals surface area contributed by atoms with Crippen molar-refractivity contribution in [1.29, 1.82) is 0 Å². The van der Waals surface area contributed by atoms with E-state index in [1.807, 2.05) is 18.2 Å². The van der Waals surface area contributed by atoms with Gasteiger partial charge in [0.25, 0.3) is 0 Å². The van der Waals surface area contributed by atoms with Gasteiger partial charge in [0.2, 0.25) is 0 Å². The Morgan fingerprint density at radius 1 is 0.694 bits per heavy atom. The molecule has 2 heterocycles. The summed E-state index contributed by atoms with van der Waals surface area (Å²) in [5.41, 5.74) is 11.1. The molecule has 172 valence electrons. The van der Waals surface area contributed by atoms with Crippen molar-refractivity contribution in [3.63, 3.8) is 0 Å². The normalized spacial score (nSPS) is 12.6. The van der Waals surface area contributed by atoms with Crippen LogP contribution in [-0.4, -0.2) is 11.7 Å². The summed E-state index contributed by atoms with van der Waals surface area (Å²) in [7, 11) is 1.71. The van der Waals surface area contributed by atoms with Crippen molar-refractivity contribution in [2.75, 3.05) is 7.11 Å². The van der Waals surface area contributed by atoms with Gasteiger partial charge in [0, 0.05) is 51.1 Å². The maximum absolute atomic E-state index is 6.41. The first kappa shape index (κ1) is 19.8. The van der Waals surface area contributed by atoms with Gasteiger partial charge in [-0.3, -0.25) is 0 Å². The zero-order chi connectivity index (χ0) is 23.8. The van der Waals surface area contributed by atoms with Crippen LogP contribution in [0.1, 0.15) is 16.7 Å². The lowest BCUT2D eigenvalue weighted by atomic mass is 10.0. The van der Waals surface area contributed by atoms with Crippen LogP contribution in [0.3, 0.4) is 0 Å². The Bertz CT molecular complexity index is 1970. The molecule has 2 aromatic heterocycles. The quantitative estimate of drug-likeness (QED) is 0.262. The molecule has 0 bridgehead atoms. The number of fused-ring (bicyclic) bond motifs is 11. The Balaban J connectivity index is 1.35. The fraction of sp³-hybridized carbons (Fsp3) is 0.0909. The first-order valence-corrected chi connectivity index (χ1v) is 12.4. The second-order valence-electron chi connectivity index (χ2n) is 9.68. The van der Waals surface area contributed by atoms with Crippen molar-refractivity contribution in [1.82, 2.24) is 4.57 Å². The van der Waals surface area contributed by atoms with Gasteiger partial charge in [-0.15, -0.1) is 0 Å². The molecule has 0 amide bonds. The maximum atomic E-state index is 6.41. The van der Waals surface area contributed by atoms with Crippen molar-refractivity contribution < 1.29 is 9.15 Å². The zero-order valence-electron chi connectivity index (χ0n) is 19.9. The van der Waals surface area contributed by atoms with Crippen LogP contribution in [0.4, 0.5) is 0 Å². The molecule has 5 aromatic carbocycles. The number of furan rings is 1. The minimum Gasteiger partial charge on any atom is -0.497 e. The molecule has 0 saturated carbocycles. The smallest absolute Gasteiger partial charge is 0.139 e. The third kappa shape index (κ3) is 2.63. The molecule has 3 nitrogen and oxygen atoms in total. The minimum atomic E-state index is 0.813. The van der Waals surface area contributed by atoms with E-state index in [-0.39, 0.29) is 0 Å². The summed E-state index contributed by atoms with van der Waals surface area (Å²) in [5.74, 6) is 0.883. The van der Waals surface area contributed by atoms with Crippen molar-refractivity contribution in [3.8, 4) is 16.9 Å². The molecule has 0 unspecified atom stereocenters. The zero-order valence-corrected chi connectivity index (χ0v) is 19.9. The lowest BCUT2D eigenvalue weighted by molar-refractivity contribution is 0.414. The number of hydrogen-bond donors (Lipinski definition) is 0. The van der Waals surface area contributed by atoms with Gasteiger partial charge in [0.15, 0.2) is 0 Å². The van der Waals surface area contributed by atoms with E-state index in [1.54, 1.807) is 7.11 Å². The SMILES string of the molecule is COc1ccc(Cn2c3ccccc3c3c4c(ccc32)-c2ccc3c(oc5ccccc53)c2C4)cc1. The van der Waals surface area contributed by atoms with Crippen molar-refractivity contribution in [2.24, 2.45) is 0 Å². The monoisotopic (exact) mass is 465 g/mol. The van der Waals surface area contributed by atoms with Crippen molar-refractivity contribution >= 4 is 43.7 Å². The van der Waals surface area contributed by atoms with Crippen LogP contribution in [0.25, 0.3) is 54.9 Å². The number of nitrogens with zero attached hydrogens (tertiary/aromatic N) is 1. The first-order valence-electron chi connectivity index (χ1n) is 12.4. The Kier molecular flexibility index (Phi) is 3.98. The van der Waals surface area contributed by atoms with Crippen LogP contribution in [0.15, 0.2) is 101 Å². The summed E-state index contributed by atoms with van der Waals surface area (Å²) >= 11 is 0. The first-order chi connectivity index (χ1) is 17.8. The van der Waals surface area contributed by atoms with E-state index in [2.05, 4.69) is 83.4 Å². The molecule has 0 aliphatic heterocycles. The molecule has 36 heavy (non-hydrogen) atoms. The summed E-state index contributed by atoms with van der Waals surface area (Å²) in [6.45, 7) is 0.813. The molecular weight excluding hydrogens is 442 g/mol. The van der Waals surface area contributed by atoms with Crippen LogP contribution < -0.4 is 4.74 Å².